The molecule has 2 aliphatic heterocycles. The number of phenolic OH excluding ortho intramolecular Hbond substituents is 1. The number of aromatic hydroxyl groups is 1. The SMILES string of the molecule is CC1(C)CC(=O)c2c(O)cc(OCC(=O)N3CCC(C(N)=O)CC3)cc2O1. The van der Waals surface area contributed by atoms with E-state index in [1.54, 1.807) is 18.7 Å². The van der Waals surface area contributed by atoms with Crippen LogP contribution in [0.25, 0.3) is 0 Å². The van der Waals surface area contributed by atoms with E-state index < -0.39 is 5.60 Å². The molecule has 3 rings (SSSR count). The summed E-state index contributed by atoms with van der Waals surface area (Å²) >= 11 is 0. The van der Waals surface area contributed by atoms with Gasteiger partial charge in [0.25, 0.3) is 5.91 Å². The van der Waals surface area contributed by atoms with E-state index in [-0.39, 0.29) is 59.4 Å². The molecule has 0 saturated carbocycles. The predicted molar refractivity (Wildman–Crippen MR) is 95.8 cm³/mol. The van der Waals surface area contributed by atoms with E-state index in [0.29, 0.717) is 25.9 Å². The summed E-state index contributed by atoms with van der Waals surface area (Å²) in [5.74, 6) is -0.659. The topological polar surface area (TPSA) is 119 Å². The van der Waals surface area contributed by atoms with Crippen molar-refractivity contribution < 1.29 is 29.0 Å². The van der Waals surface area contributed by atoms with Crippen molar-refractivity contribution in [1.29, 1.82) is 0 Å². The number of primary amides is 1. The van der Waals surface area contributed by atoms with Crippen LogP contribution in [-0.4, -0.2) is 52.9 Å². The van der Waals surface area contributed by atoms with E-state index in [0.717, 1.165) is 0 Å². The number of phenols is 1. The highest BCUT2D eigenvalue weighted by molar-refractivity contribution is 6.03. The highest BCUT2D eigenvalue weighted by Crippen LogP contribution is 2.40. The van der Waals surface area contributed by atoms with E-state index in [9.17, 15) is 19.5 Å². The minimum absolute atomic E-state index is 0.140. The van der Waals surface area contributed by atoms with Crippen LogP contribution in [0.3, 0.4) is 0 Å². The molecule has 0 unspecified atom stereocenters. The minimum Gasteiger partial charge on any atom is -0.507 e. The lowest BCUT2D eigenvalue weighted by atomic mass is 9.92. The van der Waals surface area contributed by atoms with Crippen LogP contribution in [0, 0.1) is 5.92 Å². The minimum atomic E-state index is -0.671. The second-order valence-corrected chi connectivity index (χ2v) is 7.62. The number of benzene rings is 1. The van der Waals surface area contributed by atoms with Crippen molar-refractivity contribution >= 4 is 17.6 Å². The standard InChI is InChI=1S/C19H24N2O6/c1-19(2)9-14(23)17-13(22)7-12(8-15(17)27-19)26-10-16(24)21-5-3-11(4-6-21)18(20)25/h7-8,11,22H,3-6,9-10H2,1-2H3,(H2,20,25). The monoisotopic (exact) mass is 376 g/mol. The van der Waals surface area contributed by atoms with Gasteiger partial charge >= 0.3 is 0 Å². The van der Waals surface area contributed by atoms with Crippen molar-refractivity contribution in [3.05, 3.63) is 17.7 Å². The molecule has 1 aromatic rings. The third-order valence-electron chi connectivity index (χ3n) is 4.92. The van der Waals surface area contributed by atoms with Gasteiger partial charge < -0.3 is 25.2 Å². The Morgan fingerprint density at radius 2 is 2.00 bits per heavy atom. The quantitative estimate of drug-likeness (QED) is 0.816. The first-order chi connectivity index (χ1) is 12.7. The predicted octanol–water partition coefficient (Wildman–Crippen LogP) is 1.24. The van der Waals surface area contributed by atoms with Gasteiger partial charge in [-0.1, -0.05) is 0 Å². The molecule has 3 N–H and O–H groups in total. The molecule has 8 heteroatoms. The molecule has 2 amide bonds. The average Bonchev–Trinajstić information content (AvgIpc) is 2.57. The molecule has 1 saturated heterocycles. The second-order valence-electron chi connectivity index (χ2n) is 7.62. The van der Waals surface area contributed by atoms with Crippen molar-refractivity contribution in [2.45, 2.75) is 38.7 Å². The Labute approximate surface area is 157 Å². The highest BCUT2D eigenvalue weighted by atomic mass is 16.5. The van der Waals surface area contributed by atoms with Crippen LogP contribution in [-0.2, 0) is 9.59 Å². The van der Waals surface area contributed by atoms with Gasteiger partial charge in [-0.05, 0) is 26.7 Å². The fourth-order valence-electron chi connectivity index (χ4n) is 3.48. The molecule has 0 aliphatic carbocycles. The van der Waals surface area contributed by atoms with E-state index in [1.165, 1.54) is 12.1 Å². The lowest BCUT2D eigenvalue weighted by Crippen LogP contribution is -2.43. The third kappa shape index (κ3) is 4.15. The molecule has 2 heterocycles. The molecule has 1 fully saturated rings. The number of ketones is 1. The molecule has 0 bridgehead atoms. The van der Waals surface area contributed by atoms with Crippen molar-refractivity contribution in [2.24, 2.45) is 11.7 Å². The number of Topliss-reactive ketones (excluding diaryl/α,β-unsaturated/α-hetero) is 1. The molecule has 0 spiro atoms. The Morgan fingerprint density at radius 3 is 2.63 bits per heavy atom. The van der Waals surface area contributed by atoms with Crippen LogP contribution < -0.4 is 15.2 Å². The third-order valence-corrected chi connectivity index (χ3v) is 4.92. The number of carbonyl (C=O) groups is 3. The first kappa shape index (κ1) is 19.0. The van der Waals surface area contributed by atoms with Crippen molar-refractivity contribution in [3.8, 4) is 17.2 Å². The molecule has 146 valence electrons. The number of carbonyl (C=O) groups excluding carboxylic acids is 3. The Bertz CT molecular complexity index is 781. The molecule has 1 aromatic carbocycles. The molecule has 0 aromatic heterocycles. The van der Waals surface area contributed by atoms with Crippen molar-refractivity contribution in [2.75, 3.05) is 19.7 Å². The summed E-state index contributed by atoms with van der Waals surface area (Å²) < 4.78 is 11.3. The number of rotatable bonds is 4. The fraction of sp³-hybridized carbons (Fsp3) is 0.526. The number of likely N-dealkylation sites (tertiary alicyclic amines) is 1. The van der Waals surface area contributed by atoms with E-state index in [4.69, 9.17) is 15.2 Å². The molecule has 2 aliphatic rings. The van der Waals surface area contributed by atoms with Crippen molar-refractivity contribution in [3.63, 3.8) is 0 Å². The maximum absolute atomic E-state index is 12.3. The second kappa shape index (κ2) is 7.09. The Morgan fingerprint density at radius 1 is 1.33 bits per heavy atom. The maximum atomic E-state index is 12.3. The van der Waals surface area contributed by atoms with E-state index >= 15 is 0 Å². The molecule has 0 radical (unpaired) electrons. The number of hydrogen-bond acceptors (Lipinski definition) is 6. The molecule has 0 atom stereocenters. The van der Waals surface area contributed by atoms with Crippen LogP contribution in [0.1, 0.15) is 43.5 Å². The number of nitrogens with two attached hydrogens (primary N) is 1. The molecule has 27 heavy (non-hydrogen) atoms. The van der Waals surface area contributed by atoms with Crippen LogP contribution in [0.5, 0.6) is 17.2 Å². The summed E-state index contributed by atoms with van der Waals surface area (Å²) in [6.45, 7) is 4.28. The van der Waals surface area contributed by atoms with E-state index in [1.807, 2.05) is 0 Å². The fourth-order valence-corrected chi connectivity index (χ4v) is 3.48. The maximum Gasteiger partial charge on any atom is 0.260 e. The number of ether oxygens (including phenoxy) is 2. The van der Waals surface area contributed by atoms with Crippen LogP contribution in [0.2, 0.25) is 0 Å². The zero-order valence-electron chi connectivity index (χ0n) is 15.5. The van der Waals surface area contributed by atoms with Gasteiger partial charge in [-0.3, -0.25) is 14.4 Å². The molecular weight excluding hydrogens is 352 g/mol. The van der Waals surface area contributed by atoms with Crippen LogP contribution in [0.15, 0.2) is 12.1 Å². The van der Waals surface area contributed by atoms with Gasteiger partial charge in [0.2, 0.25) is 5.91 Å². The summed E-state index contributed by atoms with van der Waals surface area (Å²) in [6, 6.07) is 2.82. The number of fused-ring (bicyclic) bond motifs is 1. The van der Waals surface area contributed by atoms with Gasteiger partial charge in [-0.15, -0.1) is 0 Å². The van der Waals surface area contributed by atoms with Gasteiger partial charge in [0.1, 0.15) is 28.4 Å². The zero-order chi connectivity index (χ0) is 19.8. The van der Waals surface area contributed by atoms with Gasteiger partial charge in [0.15, 0.2) is 12.4 Å². The zero-order valence-corrected chi connectivity index (χ0v) is 15.5. The summed E-state index contributed by atoms with van der Waals surface area (Å²) in [7, 11) is 0. The first-order valence-electron chi connectivity index (χ1n) is 8.95. The van der Waals surface area contributed by atoms with Crippen LogP contribution in [0.4, 0.5) is 0 Å². The first-order valence-corrected chi connectivity index (χ1v) is 8.95. The summed E-state index contributed by atoms with van der Waals surface area (Å²) in [6.07, 6.45) is 1.27. The highest BCUT2D eigenvalue weighted by Gasteiger charge is 2.35. The smallest absolute Gasteiger partial charge is 0.260 e. The number of hydrogen-bond donors (Lipinski definition) is 2. The van der Waals surface area contributed by atoms with Gasteiger partial charge in [0, 0.05) is 31.1 Å². The van der Waals surface area contributed by atoms with Gasteiger partial charge in [-0.2, -0.15) is 0 Å². The molecule has 8 nitrogen and oxygen atoms in total. The summed E-state index contributed by atoms with van der Waals surface area (Å²) in [5, 5.41) is 10.2. The van der Waals surface area contributed by atoms with E-state index in [2.05, 4.69) is 0 Å². The number of amides is 2. The number of piperidine rings is 1. The van der Waals surface area contributed by atoms with Crippen LogP contribution >= 0.6 is 0 Å². The van der Waals surface area contributed by atoms with Gasteiger partial charge in [-0.25, -0.2) is 0 Å². The normalized spacial score (nSPS) is 19.2. The van der Waals surface area contributed by atoms with Crippen molar-refractivity contribution in [1.82, 2.24) is 4.90 Å². The Balaban J connectivity index is 1.64. The summed E-state index contributed by atoms with van der Waals surface area (Å²) in [5.41, 5.74) is 4.76. The largest absolute Gasteiger partial charge is 0.507 e. The lowest BCUT2D eigenvalue weighted by molar-refractivity contribution is -0.136. The summed E-state index contributed by atoms with van der Waals surface area (Å²) in [4.78, 5) is 37.3. The lowest BCUT2D eigenvalue weighted by Gasteiger charge is -2.32. The average molecular weight is 376 g/mol. The Kier molecular flexibility index (Phi) is 4.99. The molecular formula is C19H24N2O6. The Hall–Kier alpha value is -2.77. The number of nitrogens with zero attached hydrogens (tertiary/aromatic N) is 1. The van der Waals surface area contributed by atoms with Gasteiger partial charge in [0.05, 0.1) is 6.42 Å².